The first-order chi connectivity index (χ1) is 14.7. The summed E-state index contributed by atoms with van der Waals surface area (Å²) in [7, 11) is -3.33. The molecule has 0 bridgehead atoms. The van der Waals surface area contributed by atoms with Gasteiger partial charge in [-0.3, -0.25) is 9.69 Å². The molecule has 1 aromatic heterocycles. The molecule has 0 aliphatic carbocycles. The summed E-state index contributed by atoms with van der Waals surface area (Å²) < 4.78 is 29.2. The first kappa shape index (κ1) is 26.3. The van der Waals surface area contributed by atoms with Crippen molar-refractivity contribution in [2.24, 2.45) is 0 Å². The molecule has 3 rings (SSSR count). The number of thiophene rings is 1. The first-order valence-electron chi connectivity index (χ1n) is 10.4. The average Bonchev–Trinajstić information content (AvgIpc) is 3.10. The van der Waals surface area contributed by atoms with Crippen LogP contribution in [0.1, 0.15) is 58.9 Å². The Morgan fingerprint density at radius 3 is 2.41 bits per heavy atom. The molecule has 0 unspecified atom stereocenters. The number of hydrogen-bond acceptors (Lipinski definition) is 7. The fourth-order valence-electron chi connectivity index (χ4n) is 3.53. The van der Waals surface area contributed by atoms with Gasteiger partial charge in [0.2, 0.25) is 0 Å². The Labute approximate surface area is 199 Å². The van der Waals surface area contributed by atoms with Gasteiger partial charge in [0.15, 0.2) is 9.84 Å². The van der Waals surface area contributed by atoms with E-state index in [-0.39, 0.29) is 29.7 Å². The number of halogens is 1. The monoisotopic (exact) mass is 500 g/mol. The third-order valence-electron chi connectivity index (χ3n) is 5.38. The van der Waals surface area contributed by atoms with Gasteiger partial charge in [-0.15, -0.1) is 23.7 Å². The molecule has 1 amide bonds. The molecule has 0 saturated heterocycles. The molecule has 2 aromatic rings. The predicted octanol–water partition coefficient (Wildman–Crippen LogP) is 4.16. The van der Waals surface area contributed by atoms with Crippen LogP contribution in [0.25, 0.3) is 0 Å². The summed E-state index contributed by atoms with van der Waals surface area (Å²) in [4.78, 5) is 29.1. The van der Waals surface area contributed by atoms with Gasteiger partial charge >= 0.3 is 5.97 Å². The summed E-state index contributed by atoms with van der Waals surface area (Å²) in [6.07, 6.45) is 0.720. The van der Waals surface area contributed by atoms with Crippen molar-refractivity contribution in [3.8, 4) is 0 Å². The van der Waals surface area contributed by atoms with E-state index >= 15 is 0 Å². The van der Waals surface area contributed by atoms with E-state index in [1.54, 1.807) is 13.8 Å². The zero-order valence-corrected chi connectivity index (χ0v) is 21.1. The molecule has 0 spiro atoms. The highest BCUT2D eigenvalue weighted by atomic mass is 35.5. The molecular weight excluding hydrogens is 472 g/mol. The van der Waals surface area contributed by atoms with Crippen molar-refractivity contribution in [1.29, 1.82) is 0 Å². The van der Waals surface area contributed by atoms with Crippen LogP contribution in [-0.2, 0) is 27.5 Å². The summed E-state index contributed by atoms with van der Waals surface area (Å²) in [6.45, 7) is 9.42. The minimum Gasteiger partial charge on any atom is -0.462 e. The number of nitrogens with one attached hydrogen (secondary N) is 1. The quantitative estimate of drug-likeness (QED) is 0.574. The van der Waals surface area contributed by atoms with Gasteiger partial charge in [-0.1, -0.05) is 6.92 Å². The summed E-state index contributed by atoms with van der Waals surface area (Å²) in [5.74, 6) is -0.835. The van der Waals surface area contributed by atoms with Crippen LogP contribution in [0.15, 0.2) is 29.2 Å². The molecule has 1 aliphatic heterocycles. The van der Waals surface area contributed by atoms with E-state index in [0.29, 0.717) is 22.2 Å². The molecule has 2 heterocycles. The van der Waals surface area contributed by atoms with Gasteiger partial charge in [-0.25, -0.2) is 13.2 Å². The van der Waals surface area contributed by atoms with Crippen LogP contribution in [0.4, 0.5) is 5.00 Å². The number of carbonyl (C=O) groups excluding carboxylic acids is 2. The highest BCUT2D eigenvalue weighted by Gasteiger charge is 2.30. The highest BCUT2D eigenvalue weighted by molar-refractivity contribution is 7.91. The number of fused-ring (bicyclic) bond motifs is 1. The SMILES string of the molecule is CCOC(=O)c1c(NC(=O)c2ccc(S(=O)(=O)CC)cc2)sc2c1CCN(C(C)C)C2.Cl. The second-order valence-electron chi connectivity index (χ2n) is 7.62. The molecular formula is C22H29ClN2O5S2. The number of benzene rings is 1. The Morgan fingerprint density at radius 2 is 1.84 bits per heavy atom. The minimum absolute atomic E-state index is 0. The molecule has 0 atom stereocenters. The minimum atomic E-state index is -3.33. The molecule has 7 nitrogen and oxygen atoms in total. The molecule has 0 fully saturated rings. The first-order valence-corrected chi connectivity index (χ1v) is 12.8. The zero-order valence-electron chi connectivity index (χ0n) is 18.6. The smallest absolute Gasteiger partial charge is 0.341 e. The molecule has 0 radical (unpaired) electrons. The standard InChI is InChI=1S/C22H28N2O5S2.ClH/c1-5-29-22(26)19-17-11-12-24(14(3)4)13-18(17)30-21(19)23-20(25)15-7-9-16(10-8-15)31(27,28)6-2;/h7-10,14H,5-6,11-13H2,1-4H3,(H,23,25);1H. The van der Waals surface area contributed by atoms with Gasteiger partial charge in [0, 0.05) is 29.6 Å². The fraction of sp³-hybridized carbons (Fsp3) is 0.455. The van der Waals surface area contributed by atoms with Crippen LogP contribution in [-0.4, -0.2) is 50.1 Å². The van der Waals surface area contributed by atoms with Gasteiger partial charge in [0.25, 0.3) is 5.91 Å². The Kier molecular flexibility index (Phi) is 8.87. The fourth-order valence-corrected chi connectivity index (χ4v) is 5.67. The number of sulfone groups is 1. The summed E-state index contributed by atoms with van der Waals surface area (Å²) in [6, 6.07) is 6.21. The number of carbonyl (C=O) groups is 2. The number of nitrogens with zero attached hydrogens (tertiary/aromatic N) is 1. The lowest BCUT2D eigenvalue weighted by molar-refractivity contribution is 0.0526. The van der Waals surface area contributed by atoms with E-state index < -0.39 is 21.7 Å². The van der Waals surface area contributed by atoms with Crippen molar-refractivity contribution in [1.82, 2.24) is 4.90 Å². The van der Waals surface area contributed by atoms with Crippen LogP contribution in [0.3, 0.4) is 0 Å². The van der Waals surface area contributed by atoms with Gasteiger partial charge in [0.1, 0.15) is 5.00 Å². The number of ether oxygens (including phenoxy) is 1. The second kappa shape index (κ2) is 10.8. The zero-order chi connectivity index (χ0) is 22.8. The predicted molar refractivity (Wildman–Crippen MR) is 129 cm³/mol. The van der Waals surface area contributed by atoms with Gasteiger partial charge in [-0.05, 0) is 57.0 Å². The third-order valence-corrected chi connectivity index (χ3v) is 8.26. The van der Waals surface area contributed by atoms with Gasteiger partial charge < -0.3 is 10.1 Å². The summed E-state index contributed by atoms with van der Waals surface area (Å²) in [5.41, 5.74) is 1.70. The number of hydrogen-bond donors (Lipinski definition) is 1. The average molecular weight is 501 g/mol. The lowest BCUT2D eigenvalue weighted by Crippen LogP contribution is -2.35. The molecule has 1 aromatic carbocycles. The van der Waals surface area contributed by atoms with Crippen molar-refractivity contribution in [3.05, 3.63) is 45.8 Å². The maximum Gasteiger partial charge on any atom is 0.341 e. The molecule has 0 saturated carbocycles. The van der Waals surface area contributed by atoms with Crippen molar-refractivity contribution in [3.63, 3.8) is 0 Å². The number of amides is 1. The van der Waals surface area contributed by atoms with E-state index in [1.807, 2.05) is 0 Å². The number of anilines is 1. The van der Waals surface area contributed by atoms with Gasteiger partial charge in [0.05, 0.1) is 22.8 Å². The topological polar surface area (TPSA) is 92.8 Å². The maximum atomic E-state index is 12.8. The van der Waals surface area contributed by atoms with Crippen LogP contribution in [0, 0.1) is 0 Å². The Morgan fingerprint density at radius 1 is 1.19 bits per heavy atom. The Balaban J connectivity index is 0.00000363. The van der Waals surface area contributed by atoms with Gasteiger partial charge in [-0.2, -0.15) is 0 Å². The number of rotatable bonds is 7. The Bertz CT molecular complexity index is 1080. The summed E-state index contributed by atoms with van der Waals surface area (Å²) in [5, 5.41) is 3.33. The van der Waals surface area contributed by atoms with Crippen LogP contribution >= 0.6 is 23.7 Å². The third kappa shape index (κ3) is 5.51. The number of esters is 1. The van der Waals surface area contributed by atoms with Crippen LogP contribution in [0.2, 0.25) is 0 Å². The lowest BCUT2D eigenvalue weighted by Gasteiger charge is -2.30. The van der Waals surface area contributed by atoms with E-state index in [1.165, 1.54) is 35.6 Å². The van der Waals surface area contributed by atoms with E-state index in [9.17, 15) is 18.0 Å². The lowest BCUT2D eigenvalue weighted by atomic mass is 10.0. The molecule has 32 heavy (non-hydrogen) atoms. The molecule has 176 valence electrons. The van der Waals surface area contributed by atoms with Crippen molar-refractivity contribution in [2.45, 2.75) is 51.6 Å². The molecule has 10 heteroatoms. The van der Waals surface area contributed by atoms with Crippen LogP contribution < -0.4 is 5.32 Å². The van der Waals surface area contributed by atoms with Crippen molar-refractivity contribution in [2.75, 3.05) is 24.2 Å². The summed E-state index contributed by atoms with van der Waals surface area (Å²) >= 11 is 1.40. The highest BCUT2D eigenvalue weighted by Crippen LogP contribution is 2.38. The largest absolute Gasteiger partial charge is 0.462 e. The van der Waals surface area contributed by atoms with Crippen LogP contribution in [0.5, 0.6) is 0 Å². The molecule has 1 N–H and O–H groups in total. The second-order valence-corrected chi connectivity index (χ2v) is 11.0. The maximum absolute atomic E-state index is 12.8. The normalized spacial score (nSPS) is 13.9. The molecule has 1 aliphatic rings. The van der Waals surface area contributed by atoms with Crippen molar-refractivity contribution < 1.29 is 22.7 Å². The van der Waals surface area contributed by atoms with E-state index in [4.69, 9.17) is 4.74 Å². The Hall–Kier alpha value is -1.94. The van der Waals surface area contributed by atoms with E-state index in [0.717, 1.165) is 30.0 Å². The van der Waals surface area contributed by atoms with E-state index in [2.05, 4.69) is 24.1 Å². The van der Waals surface area contributed by atoms with Crippen molar-refractivity contribution >= 4 is 50.5 Å².